The summed E-state index contributed by atoms with van der Waals surface area (Å²) < 4.78 is 2.22. The molecule has 0 saturated carbocycles. The summed E-state index contributed by atoms with van der Waals surface area (Å²) in [6.45, 7) is 10.2. The van der Waals surface area contributed by atoms with Crippen LogP contribution in [-0.2, 0) is 11.3 Å². The molecule has 2 heterocycles. The van der Waals surface area contributed by atoms with Crippen LogP contribution in [0.15, 0.2) is 60.9 Å². The van der Waals surface area contributed by atoms with Gasteiger partial charge in [-0.1, -0.05) is 36.4 Å². The van der Waals surface area contributed by atoms with Crippen LogP contribution in [0, 0.1) is 13.8 Å². The normalized spacial score (nSPS) is 15.2. The monoisotopic (exact) mass is 417 g/mol. The lowest BCUT2D eigenvalue weighted by molar-refractivity contribution is -0.117. The van der Waals surface area contributed by atoms with Crippen molar-refractivity contribution in [3.8, 4) is 11.4 Å². The summed E-state index contributed by atoms with van der Waals surface area (Å²) >= 11 is 0. The van der Waals surface area contributed by atoms with E-state index in [9.17, 15) is 4.79 Å². The lowest BCUT2D eigenvalue weighted by Gasteiger charge is -2.34. The molecule has 1 aliphatic heterocycles. The average Bonchev–Trinajstić information content (AvgIpc) is 3.22. The van der Waals surface area contributed by atoms with Gasteiger partial charge in [-0.15, -0.1) is 0 Å². The molecule has 0 bridgehead atoms. The Morgan fingerprint density at radius 1 is 0.935 bits per heavy atom. The average molecular weight is 418 g/mol. The molecule has 3 aromatic rings. The lowest BCUT2D eigenvalue weighted by atomic mass is 10.1. The summed E-state index contributed by atoms with van der Waals surface area (Å²) in [7, 11) is 0. The maximum absolute atomic E-state index is 12.5. The first-order valence-electron chi connectivity index (χ1n) is 11.0. The molecule has 31 heavy (non-hydrogen) atoms. The van der Waals surface area contributed by atoms with Crippen molar-refractivity contribution < 1.29 is 4.79 Å². The Bertz CT molecular complexity index is 986. The molecule has 1 aliphatic rings. The van der Waals surface area contributed by atoms with Gasteiger partial charge in [-0.3, -0.25) is 14.6 Å². The zero-order valence-corrected chi connectivity index (χ0v) is 18.4. The fraction of sp³-hybridized carbons (Fsp3) is 0.360. The number of carbonyl (C=O) groups is 1. The highest BCUT2D eigenvalue weighted by molar-refractivity contribution is 5.92. The maximum Gasteiger partial charge on any atom is 0.238 e. The van der Waals surface area contributed by atoms with Crippen LogP contribution in [0.4, 0.5) is 5.69 Å². The second-order valence-electron chi connectivity index (χ2n) is 8.35. The molecule has 162 valence electrons. The van der Waals surface area contributed by atoms with Crippen LogP contribution in [0.2, 0.25) is 0 Å². The van der Waals surface area contributed by atoms with Gasteiger partial charge >= 0.3 is 0 Å². The van der Waals surface area contributed by atoms with Crippen LogP contribution in [0.1, 0.15) is 11.1 Å². The quantitative estimate of drug-likeness (QED) is 0.640. The summed E-state index contributed by atoms with van der Waals surface area (Å²) in [5.74, 6) is 1.08. The predicted octanol–water partition coefficient (Wildman–Crippen LogP) is 3.42. The number of amides is 1. The first kappa shape index (κ1) is 21.3. The van der Waals surface area contributed by atoms with Crippen molar-refractivity contribution in [2.45, 2.75) is 20.4 Å². The van der Waals surface area contributed by atoms with Gasteiger partial charge in [0.2, 0.25) is 5.91 Å². The molecule has 0 spiro atoms. The standard InChI is InChI=1S/C25H31N5O/c1-20-16-21(2)18-23(17-20)27-24(31)19-29-12-10-28(11-13-29)14-15-30-9-8-26-25(30)22-6-4-3-5-7-22/h3-9,16-18H,10-15,19H2,1-2H3,(H,27,31). The predicted molar refractivity (Wildman–Crippen MR) is 125 cm³/mol. The minimum atomic E-state index is 0.0596. The number of rotatable bonds is 7. The number of carbonyl (C=O) groups excluding carboxylic acids is 1. The Kier molecular flexibility index (Phi) is 6.79. The van der Waals surface area contributed by atoms with Gasteiger partial charge in [0.05, 0.1) is 6.54 Å². The molecule has 1 N–H and O–H groups in total. The van der Waals surface area contributed by atoms with Gasteiger partial charge in [0.25, 0.3) is 0 Å². The highest BCUT2D eigenvalue weighted by Gasteiger charge is 2.19. The van der Waals surface area contributed by atoms with Crippen molar-refractivity contribution in [1.29, 1.82) is 0 Å². The van der Waals surface area contributed by atoms with Gasteiger partial charge in [0.1, 0.15) is 5.82 Å². The molecule has 0 radical (unpaired) electrons. The van der Waals surface area contributed by atoms with Crippen molar-refractivity contribution >= 4 is 11.6 Å². The molecule has 0 unspecified atom stereocenters. The highest BCUT2D eigenvalue weighted by atomic mass is 16.2. The van der Waals surface area contributed by atoms with Crippen molar-refractivity contribution in [1.82, 2.24) is 19.4 Å². The second-order valence-corrected chi connectivity index (χ2v) is 8.35. The van der Waals surface area contributed by atoms with E-state index in [4.69, 9.17) is 0 Å². The van der Waals surface area contributed by atoms with Crippen LogP contribution < -0.4 is 5.32 Å². The molecular formula is C25H31N5O. The van der Waals surface area contributed by atoms with Gasteiger partial charge in [0, 0.05) is 62.9 Å². The Hall–Kier alpha value is -2.96. The van der Waals surface area contributed by atoms with E-state index in [1.54, 1.807) is 0 Å². The number of nitrogens with one attached hydrogen (secondary N) is 1. The molecule has 6 heteroatoms. The number of benzene rings is 2. The zero-order valence-electron chi connectivity index (χ0n) is 18.4. The van der Waals surface area contributed by atoms with Crippen LogP contribution in [-0.4, -0.2) is 64.5 Å². The molecule has 1 fully saturated rings. The Labute approximate surface area is 184 Å². The Balaban J connectivity index is 1.22. The van der Waals surface area contributed by atoms with E-state index in [1.807, 2.05) is 36.5 Å². The third-order valence-corrected chi connectivity index (χ3v) is 5.74. The molecule has 0 aliphatic carbocycles. The second kappa shape index (κ2) is 9.90. The largest absolute Gasteiger partial charge is 0.330 e. The summed E-state index contributed by atoms with van der Waals surface area (Å²) in [5.41, 5.74) is 4.36. The van der Waals surface area contributed by atoms with Crippen LogP contribution in [0.25, 0.3) is 11.4 Å². The van der Waals surface area contributed by atoms with Gasteiger partial charge in [-0.25, -0.2) is 4.98 Å². The first-order valence-corrected chi connectivity index (χ1v) is 11.0. The van der Waals surface area contributed by atoms with E-state index in [0.29, 0.717) is 6.54 Å². The van der Waals surface area contributed by atoms with Crippen molar-refractivity contribution in [2.75, 3.05) is 44.6 Å². The number of imidazole rings is 1. The summed E-state index contributed by atoms with van der Waals surface area (Å²) in [6.07, 6.45) is 3.92. The van der Waals surface area contributed by atoms with Crippen LogP contribution >= 0.6 is 0 Å². The number of piperazine rings is 1. The lowest BCUT2D eigenvalue weighted by Crippen LogP contribution is -2.49. The van der Waals surface area contributed by atoms with Gasteiger partial charge < -0.3 is 9.88 Å². The molecule has 1 saturated heterocycles. The molecular weight excluding hydrogens is 386 g/mol. The van der Waals surface area contributed by atoms with Crippen molar-refractivity contribution in [3.63, 3.8) is 0 Å². The minimum Gasteiger partial charge on any atom is -0.330 e. The number of aromatic nitrogens is 2. The van der Waals surface area contributed by atoms with E-state index < -0.39 is 0 Å². The molecule has 1 aromatic heterocycles. The first-order chi connectivity index (χ1) is 15.1. The van der Waals surface area contributed by atoms with E-state index >= 15 is 0 Å². The molecule has 0 atom stereocenters. The number of aryl methyl sites for hydroxylation is 2. The number of anilines is 1. The third-order valence-electron chi connectivity index (χ3n) is 5.74. The molecule has 1 amide bonds. The smallest absolute Gasteiger partial charge is 0.238 e. The highest BCUT2D eigenvalue weighted by Crippen LogP contribution is 2.17. The topological polar surface area (TPSA) is 53.4 Å². The van der Waals surface area contributed by atoms with E-state index in [0.717, 1.165) is 67.5 Å². The van der Waals surface area contributed by atoms with Crippen LogP contribution in [0.5, 0.6) is 0 Å². The Morgan fingerprint density at radius 3 is 2.32 bits per heavy atom. The summed E-state index contributed by atoms with van der Waals surface area (Å²) in [6, 6.07) is 16.5. The van der Waals surface area contributed by atoms with E-state index in [-0.39, 0.29) is 5.91 Å². The summed E-state index contributed by atoms with van der Waals surface area (Å²) in [4.78, 5) is 21.7. The zero-order chi connectivity index (χ0) is 21.6. The number of hydrogen-bond donors (Lipinski definition) is 1. The van der Waals surface area contributed by atoms with Gasteiger partial charge in [-0.05, 0) is 37.1 Å². The summed E-state index contributed by atoms with van der Waals surface area (Å²) in [5, 5.41) is 3.04. The van der Waals surface area contributed by atoms with Crippen LogP contribution in [0.3, 0.4) is 0 Å². The fourth-order valence-electron chi connectivity index (χ4n) is 4.21. The minimum absolute atomic E-state index is 0.0596. The maximum atomic E-state index is 12.5. The Morgan fingerprint density at radius 2 is 1.61 bits per heavy atom. The van der Waals surface area contributed by atoms with Gasteiger partial charge in [0.15, 0.2) is 0 Å². The van der Waals surface area contributed by atoms with E-state index in [2.05, 4.69) is 62.9 Å². The van der Waals surface area contributed by atoms with Crippen molar-refractivity contribution in [3.05, 3.63) is 72.1 Å². The van der Waals surface area contributed by atoms with Crippen molar-refractivity contribution in [2.24, 2.45) is 0 Å². The molecule has 4 rings (SSSR count). The molecule has 2 aromatic carbocycles. The number of hydrogen-bond acceptors (Lipinski definition) is 4. The fourth-order valence-corrected chi connectivity index (χ4v) is 4.21. The SMILES string of the molecule is Cc1cc(C)cc(NC(=O)CN2CCN(CCn3ccnc3-c3ccccc3)CC2)c1. The molecule has 6 nitrogen and oxygen atoms in total. The number of nitrogens with zero attached hydrogens (tertiary/aromatic N) is 4. The van der Waals surface area contributed by atoms with Gasteiger partial charge in [-0.2, -0.15) is 0 Å². The van der Waals surface area contributed by atoms with E-state index in [1.165, 1.54) is 0 Å². The third kappa shape index (κ3) is 5.81.